The van der Waals surface area contributed by atoms with E-state index >= 15 is 0 Å². The molecule has 1 saturated heterocycles. The molecule has 168 valence electrons. The maximum Gasteiger partial charge on any atom is 0.274 e. The molecule has 0 unspecified atom stereocenters. The van der Waals surface area contributed by atoms with Gasteiger partial charge in [-0.1, -0.05) is 30.3 Å². The maximum atomic E-state index is 13.1. The third-order valence-corrected chi connectivity index (χ3v) is 7.10. The van der Waals surface area contributed by atoms with Crippen LogP contribution in [0.15, 0.2) is 61.1 Å². The molecule has 1 aliphatic heterocycles. The Morgan fingerprint density at radius 2 is 1.85 bits per heavy atom. The van der Waals surface area contributed by atoms with Gasteiger partial charge in [-0.05, 0) is 6.07 Å². The molecule has 1 aliphatic rings. The number of hydrogen-bond donors (Lipinski definition) is 1. The summed E-state index contributed by atoms with van der Waals surface area (Å²) in [5, 5.41) is 6.99. The van der Waals surface area contributed by atoms with E-state index in [2.05, 4.69) is 15.4 Å². The van der Waals surface area contributed by atoms with Crippen LogP contribution >= 0.6 is 0 Å². The van der Waals surface area contributed by atoms with Crippen molar-refractivity contribution in [3.8, 4) is 11.3 Å². The number of thiol groups is 1. The number of imidazole rings is 1. The number of carbonyl (C=O) groups is 2. The van der Waals surface area contributed by atoms with Gasteiger partial charge >= 0.3 is 0 Å². The summed E-state index contributed by atoms with van der Waals surface area (Å²) in [4.78, 5) is 32.4. The first-order valence-electron chi connectivity index (χ1n) is 10.6. The molecule has 0 atom stereocenters. The average molecular weight is 464 g/mol. The van der Waals surface area contributed by atoms with Gasteiger partial charge in [0.1, 0.15) is 22.8 Å². The number of aromatic nitrogens is 4. The van der Waals surface area contributed by atoms with Crippen LogP contribution in [0.25, 0.3) is 16.9 Å². The van der Waals surface area contributed by atoms with Crippen LogP contribution in [-0.2, 0) is 22.1 Å². The quantitative estimate of drug-likeness (QED) is 0.369. The first kappa shape index (κ1) is 21.1. The lowest BCUT2D eigenvalue weighted by molar-refractivity contribution is 0.0766. The van der Waals surface area contributed by atoms with Crippen molar-refractivity contribution >= 4 is 33.9 Å². The molecule has 4 aromatic rings. The van der Waals surface area contributed by atoms with E-state index in [-0.39, 0.29) is 17.2 Å². The predicted octanol–water partition coefficient (Wildman–Crippen LogP) is 2.14. The minimum atomic E-state index is -1.24. The second kappa shape index (κ2) is 8.62. The van der Waals surface area contributed by atoms with E-state index in [0.29, 0.717) is 35.9 Å². The number of carbonyl (C=O) groups excluding carboxylic acids is 2. The SMILES string of the molecule is Cn1ncc(C(=O)N2CC[SH+](=O)CC2)c1C(=O)Nc1ccn2cc(-c3ccccc3)nc2c1. The summed E-state index contributed by atoms with van der Waals surface area (Å²) in [6.45, 7) is 0.842. The molecule has 2 amide bonds. The number of nitrogens with one attached hydrogen (secondary N) is 1. The zero-order valence-electron chi connectivity index (χ0n) is 18.0. The number of fused-ring (bicyclic) bond motifs is 1. The molecule has 4 heterocycles. The van der Waals surface area contributed by atoms with Crippen LogP contribution in [0.1, 0.15) is 20.8 Å². The number of nitrogens with zero attached hydrogens (tertiary/aromatic N) is 5. The Balaban J connectivity index is 1.38. The lowest BCUT2D eigenvalue weighted by Gasteiger charge is -2.23. The van der Waals surface area contributed by atoms with Crippen LogP contribution in [0, 0.1) is 0 Å². The van der Waals surface area contributed by atoms with Crippen LogP contribution < -0.4 is 5.32 Å². The summed E-state index contributed by atoms with van der Waals surface area (Å²) >= 11 is 0. The molecular formula is C23H23N6O3S+. The van der Waals surface area contributed by atoms with Crippen molar-refractivity contribution in [1.29, 1.82) is 0 Å². The monoisotopic (exact) mass is 463 g/mol. The fourth-order valence-electron chi connectivity index (χ4n) is 3.92. The predicted molar refractivity (Wildman–Crippen MR) is 127 cm³/mol. The van der Waals surface area contributed by atoms with Crippen LogP contribution in [-0.4, -0.2) is 60.5 Å². The summed E-state index contributed by atoms with van der Waals surface area (Å²) < 4.78 is 14.9. The number of benzene rings is 1. The summed E-state index contributed by atoms with van der Waals surface area (Å²) in [6.07, 6.45) is 5.17. The van der Waals surface area contributed by atoms with Crippen molar-refractivity contribution in [3.05, 3.63) is 72.3 Å². The van der Waals surface area contributed by atoms with Crippen LogP contribution in [0.4, 0.5) is 5.69 Å². The first-order valence-corrected chi connectivity index (χ1v) is 12.2. The molecule has 10 heteroatoms. The highest BCUT2D eigenvalue weighted by atomic mass is 32.2. The van der Waals surface area contributed by atoms with E-state index in [0.717, 1.165) is 11.3 Å². The lowest BCUT2D eigenvalue weighted by atomic mass is 10.2. The van der Waals surface area contributed by atoms with E-state index < -0.39 is 16.7 Å². The largest absolute Gasteiger partial charge is 0.329 e. The fourth-order valence-corrected chi connectivity index (χ4v) is 5.08. The number of amides is 2. The topological polar surface area (TPSA) is 102 Å². The number of rotatable bonds is 4. The average Bonchev–Trinajstić information content (AvgIpc) is 3.43. The highest BCUT2D eigenvalue weighted by molar-refractivity contribution is 7.85. The zero-order chi connectivity index (χ0) is 22.9. The van der Waals surface area contributed by atoms with Gasteiger partial charge < -0.3 is 14.6 Å². The summed E-state index contributed by atoms with van der Waals surface area (Å²) in [5.74, 6) is 0.268. The third-order valence-electron chi connectivity index (χ3n) is 5.70. The van der Waals surface area contributed by atoms with Gasteiger partial charge in [0.2, 0.25) is 0 Å². The van der Waals surface area contributed by atoms with Gasteiger partial charge in [0.15, 0.2) is 0 Å². The molecule has 5 rings (SSSR count). The minimum Gasteiger partial charge on any atom is -0.329 e. The lowest BCUT2D eigenvalue weighted by Crippen LogP contribution is -2.42. The molecular weight excluding hydrogens is 440 g/mol. The molecule has 0 saturated carbocycles. The molecule has 33 heavy (non-hydrogen) atoms. The van der Waals surface area contributed by atoms with Gasteiger partial charge in [0, 0.05) is 36.8 Å². The van der Waals surface area contributed by atoms with Gasteiger partial charge in [-0.2, -0.15) is 5.10 Å². The number of aryl methyl sites for hydroxylation is 1. The molecule has 0 spiro atoms. The Morgan fingerprint density at radius 1 is 1.09 bits per heavy atom. The minimum absolute atomic E-state index is 0.183. The smallest absolute Gasteiger partial charge is 0.274 e. The number of hydrogen-bond acceptors (Lipinski definition) is 5. The fraction of sp³-hybridized carbons (Fsp3) is 0.217. The Morgan fingerprint density at radius 3 is 2.61 bits per heavy atom. The Hall–Kier alpha value is -3.79. The Labute approximate surface area is 192 Å². The molecule has 0 aliphatic carbocycles. The normalized spacial score (nSPS) is 14.5. The summed E-state index contributed by atoms with van der Waals surface area (Å²) in [6, 6.07) is 13.4. The highest BCUT2D eigenvalue weighted by Gasteiger charge is 2.29. The standard InChI is InChI=1S/C23H22N6O3S/c1-27-21(18(14-24-27)23(31)28-9-11-33(32)12-10-28)22(30)25-17-7-8-29-15-19(26-20(29)13-17)16-5-3-2-4-6-16/h2-8,13-15H,9-12H2,1H3,(H,25,30)/p+1. The molecule has 1 N–H and O–H groups in total. The molecule has 1 aromatic carbocycles. The Bertz CT molecular complexity index is 1370. The second-order valence-electron chi connectivity index (χ2n) is 7.88. The van der Waals surface area contributed by atoms with E-state index in [4.69, 9.17) is 0 Å². The van der Waals surface area contributed by atoms with Gasteiger partial charge in [-0.15, -0.1) is 4.21 Å². The van der Waals surface area contributed by atoms with E-state index in [1.165, 1.54) is 10.9 Å². The molecule has 9 nitrogen and oxygen atoms in total. The van der Waals surface area contributed by atoms with E-state index in [1.54, 1.807) is 24.1 Å². The van der Waals surface area contributed by atoms with Crippen LogP contribution in [0.3, 0.4) is 0 Å². The van der Waals surface area contributed by atoms with Gasteiger partial charge in [-0.3, -0.25) is 14.3 Å². The summed E-state index contributed by atoms with van der Waals surface area (Å²) in [7, 11) is 0.388. The van der Waals surface area contributed by atoms with Crippen molar-refractivity contribution in [3.63, 3.8) is 0 Å². The van der Waals surface area contributed by atoms with Crippen molar-refractivity contribution in [1.82, 2.24) is 24.1 Å². The van der Waals surface area contributed by atoms with Crippen LogP contribution in [0.5, 0.6) is 0 Å². The van der Waals surface area contributed by atoms with E-state index in [9.17, 15) is 13.8 Å². The van der Waals surface area contributed by atoms with Gasteiger partial charge in [0.25, 0.3) is 11.8 Å². The van der Waals surface area contributed by atoms with Crippen molar-refractivity contribution in [2.24, 2.45) is 7.05 Å². The molecule has 0 radical (unpaired) electrons. The van der Waals surface area contributed by atoms with Gasteiger partial charge in [-0.25, -0.2) is 4.98 Å². The van der Waals surface area contributed by atoms with Crippen LogP contribution in [0.2, 0.25) is 0 Å². The number of pyridine rings is 1. The highest BCUT2D eigenvalue weighted by Crippen LogP contribution is 2.21. The number of anilines is 1. The van der Waals surface area contributed by atoms with Crippen molar-refractivity contribution in [2.75, 3.05) is 29.9 Å². The zero-order valence-corrected chi connectivity index (χ0v) is 18.9. The van der Waals surface area contributed by atoms with Crippen molar-refractivity contribution in [2.45, 2.75) is 0 Å². The maximum absolute atomic E-state index is 13.1. The Kier molecular flexibility index (Phi) is 5.51. The second-order valence-corrected chi connectivity index (χ2v) is 9.74. The molecule has 0 bridgehead atoms. The summed E-state index contributed by atoms with van der Waals surface area (Å²) in [5.41, 5.74) is 3.51. The van der Waals surface area contributed by atoms with E-state index in [1.807, 2.05) is 47.1 Å². The molecule has 3 aromatic heterocycles. The molecule has 1 fully saturated rings. The van der Waals surface area contributed by atoms with Crippen molar-refractivity contribution < 1.29 is 13.8 Å². The van der Waals surface area contributed by atoms with Gasteiger partial charge in [0.05, 0.1) is 41.3 Å². The first-order chi connectivity index (χ1) is 16.0. The third kappa shape index (κ3) is 4.17.